The normalized spacial score (nSPS) is 22.5. The predicted molar refractivity (Wildman–Crippen MR) is 97.8 cm³/mol. The van der Waals surface area contributed by atoms with Gasteiger partial charge in [0.25, 0.3) is 0 Å². The number of aliphatic imine (C=N–C) groups is 2. The lowest BCUT2D eigenvalue weighted by Gasteiger charge is -2.13. The fourth-order valence-electron chi connectivity index (χ4n) is 1.62. The van der Waals surface area contributed by atoms with Crippen LogP contribution >= 0.6 is 0 Å². The highest BCUT2D eigenvalue weighted by atomic mass is 14.8. The van der Waals surface area contributed by atoms with Crippen molar-refractivity contribution in [2.75, 3.05) is 0 Å². The molecule has 2 nitrogen and oxygen atoms in total. The van der Waals surface area contributed by atoms with Gasteiger partial charge < -0.3 is 0 Å². The van der Waals surface area contributed by atoms with E-state index in [1.165, 1.54) is 0 Å². The number of hydrogen-bond donors (Lipinski definition) is 0. The van der Waals surface area contributed by atoms with E-state index in [9.17, 15) is 0 Å². The van der Waals surface area contributed by atoms with Crippen molar-refractivity contribution in [3.63, 3.8) is 0 Å². The Bertz CT molecular complexity index is 479. The third kappa shape index (κ3) is 6.72. The highest BCUT2D eigenvalue weighted by Crippen LogP contribution is 2.26. The van der Waals surface area contributed by atoms with E-state index in [1.807, 2.05) is 40.7 Å². The van der Waals surface area contributed by atoms with Crippen LogP contribution in [0.15, 0.2) is 58.3 Å². The molecule has 0 N–H and O–H groups in total. The van der Waals surface area contributed by atoms with Gasteiger partial charge in [0.15, 0.2) is 0 Å². The molecule has 0 bridgehead atoms. The summed E-state index contributed by atoms with van der Waals surface area (Å²) in [5.74, 6) is 6.04. The first-order valence-corrected chi connectivity index (χ1v) is 7.42. The van der Waals surface area contributed by atoms with Crippen LogP contribution in [0.4, 0.5) is 0 Å². The Morgan fingerprint density at radius 2 is 1.86 bits per heavy atom. The summed E-state index contributed by atoms with van der Waals surface area (Å²) in [6.07, 6.45) is 7.88. The molecule has 0 aromatic carbocycles. The van der Waals surface area contributed by atoms with Crippen molar-refractivity contribution in [2.24, 2.45) is 15.9 Å². The molecule has 1 aliphatic carbocycles. The quantitative estimate of drug-likeness (QED) is 0.377. The SMILES string of the molecule is C=CC1=C(\N=C)C(C=C)C#CC/C=C\1N=CC.CC.CC. The summed E-state index contributed by atoms with van der Waals surface area (Å²) >= 11 is 0. The Hall–Kier alpha value is -2.14. The molecular formula is C19H28N2. The van der Waals surface area contributed by atoms with Crippen molar-refractivity contribution in [3.05, 3.63) is 48.4 Å². The minimum absolute atomic E-state index is 0.115. The van der Waals surface area contributed by atoms with E-state index in [0.717, 1.165) is 17.0 Å². The van der Waals surface area contributed by atoms with E-state index in [1.54, 1.807) is 18.4 Å². The zero-order valence-corrected chi connectivity index (χ0v) is 14.1. The molecule has 1 atom stereocenters. The lowest BCUT2D eigenvalue weighted by atomic mass is 9.97. The van der Waals surface area contributed by atoms with Crippen LogP contribution in [0.5, 0.6) is 0 Å². The van der Waals surface area contributed by atoms with Gasteiger partial charge in [-0.05, 0) is 19.7 Å². The number of allylic oxidation sites excluding steroid dienone is 3. The van der Waals surface area contributed by atoms with Crippen LogP contribution in [-0.2, 0) is 0 Å². The van der Waals surface area contributed by atoms with Gasteiger partial charge in [-0.1, -0.05) is 58.3 Å². The maximum absolute atomic E-state index is 4.32. The van der Waals surface area contributed by atoms with Crippen LogP contribution in [0.2, 0.25) is 0 Å². The molecule has 0 amide bonds. The zero-order chi connectivity index (χ0) is 16.7. The van der Waals surface area contributed by atoms with Crippen molar-refractivity contribution in [1.82, 2.24) is 0 Å². The van der Waals surface area contributed by atoms with E-state index < -0.39 is 0 Å². The van der Waals surface area contributed by atoms with Crippen molar-refractivity contribution in [2.45, 2.75) is 41.0 Å². The molecule has 0 aromatic rings. The first kappa shape index (κ1) is 21.2. The number of hydrogen-bond acceptors (Lipinski definition) is 2. The molecule has 1 unspecified atom stereocenters. The molecular weight excluding hydrogens is 256 g/mol. The monoisotopic (exact) mass is 284 g/mol. The highest BCUT2D eigenvalue weighted by molar-refractivity contribution is 5.59. The van der Waals surface area contributed by atoms with Gasteiger partial charge in [-0.2, -0.15) is 0 Å². The summed E-state index contributed by atoms with van der Waals surface area (Å²) in [6.45, 7) is 21.1. The molecule has 0 radical (unpaired) electrons. The van der Waals surface area contributed by atoms with Crippen LogP contribution < -0.4 is 0 Å². The first-order chi connectivity index (χ1) is 10.3. The molecule has 0 aliphatic heterocycles. The van der Waals surface area contributed by atoms with Crippen LogP contribution in [0.25, 0.3) is 0 Å². The zero-order valence-electron chi connectivity index (χ0n) is 14.1. The van der Waals surface area contributed by atoms with Gasteiger partial charge in [0.05, 0.1) is 17.3 Å². The molecule has 0 spiro atoms. The summed E-state index contributed by atoms with van der Waals surface area (Å²) in [4.78, 5) is 8.38. The largest absolute Gasteiger partial charge is 0.267 e. The number of nitrogens with zero attached hydrogens (tertiary/aromatic N) is 2. The van der Waals surface area contributed by atoms with Gasteiger partial charge in [0.2, 0.25) is 0 Å². The molecule has 0 saturated carbocycles. The Kier molecular flexibility index (Phi) is 14.4. The molecule has 0 fully saturated rings. The summed E-state index contributed by atoms with van der Waals surface area (Å²) in [5, 5.41) is 0. The highest BCUT2D eigenvalue weighted by Gasteiger charge is 2.14. The molecule has 0 heterocycles. The topological polar surface area (TPSA) is 24.7 Å². The average Bonchev–Trinajstić information content (AvgIpc) is 2.54. The maximum atomic E-state index is 4.32. The van der Waals surface area contributed by atoms with Crippen molar-refractivity contribution >= 4 is 12.9 Å². The van der Waals surface area contributed by atoms with E-state index >= 15 is 0 Å². The maximum Gasteiger partial charge on any atom is 0.0809 e. The molecule has 0 aromatic heterocycles. The van der Waals surface area contributed by atoms with Gasteiger partial charge in [-0.15, -0.1) is 6.58 Å². The Balaban J connectivity index is 0. The second kappa shape index (κ2) is 14.3. The van der Waals surface area contributed by atoms with Gasteiger partial charge in [0, 0.05) is 18.2 Å². The molecule has 21 heavy (non-hydrogen) atoms. The third-order valence-electron chi connectivity index (χ3n) is 2.38. The Labute approximate surface area is 130 Å². The smallest absolute Gasteiger partial charge is 0.0809 e. The van der Waals surface area contributed by atoms with E-state index in [-0.39, 0.29) is 5.92 Å². The molecule has 0 saturated heterocycles. The summed E-state index contributed by atoms with van der Waals surface area (Å²) in [7, 11) is 0. The number of rotatable bonds is 4. The van der Waals surface area contributed by atoms with Gasteiger partial charge >= 0.3 is 0 Å². The summed E-state index contributed by atoms with van der Waals surface area (Å²) < 4.78 is 0. The molecule has 1 rings (SSSR count). The van der Waals surface area contributed by atoms with Crippen LogP contribution in [-0.4, -0.2) is 12.9 Å². The molecule has 2 heteroatoms. The van der Waals surface area contributed by atoms with Crippen molar-refractivity contribution < 1.29 is 0 Å². The first-order valence-electron chi connectivity index (χ1n) is 7.42. The summed E-state index contributed by atoms with van der Waals surface area (Å²) in [5.41, 5.74) is 2.47. The van der Waals surface area contributed by atoms with E-state index in [2.05, 4.69) is 41.7 Å². The predicted octanol–water partition coefficient (Wildman–Crippen LogP) is 5.36. The van der Waals surface area contributed by atoms with Crippen LogP contribution in [0, 0.1) is 17.8 Å². The Morgan fingerprint density at radius 1 is 1.24 bits per heavy atom. The second-order valence-corrected chi connectivity index (χ2v) is 3.38. The standard InChI is InChI=1S/C15H16N2.2C2H6/c1-5-12-10-8-9-11-14(17-7-3)13(6-2)15(12)16-4;2*1-2/h5-7,11-12H,1-2,4,9H2,3H3;2*1-2H3/b14-11+,15-13+,17-7?;;. The lowest BCUT2D eigenvalue weighted by Crippen LogP contribution is -2.02. The van der Waals surface area contributed by atoms with Gasteiger partial charge in [-0.25, -0.2) is 0 Å². The second-order valence-electron chi connectivity index (χ2n) is 3.38. The third-order valence-corrected chi connectivity index (χ3v) is 2.38. The average molecular weight is 284 g/mol. The Morgan fingerprint density at radius 3 is 2.29 bits per heavy atom. The van der Waals surface area contributed by atoms with E-state index in [4.69, 9.17) is 0 Å². The van der Waals surface area contributed by atoms with Crippen molar-refractivity contribution in [1.29, 1.82) is 0 Å². The summed E-state index contributed by atoms with van der Waals surface area (Å²) in [6, 6.07) is 0. The van der Waals surface area contributed by atoms with Crippen LogP contribution in [0.3, 0.4) is 0 Å². The fraction of sp³-hybridized carbons (Fsp3) is 0.368. The molecule has 1 aliphatic rings. The molecule has 114 valence electrons. The minimum atomic E-state index is -0.115. The van der Waals surface area contributed by atoms with E-state index in [0.29, 0.717) is 6.42 Å². The van der Waals surface area contributed by atoms with Crippen molar-refractivity contribution in [3.8, 4) is 11.8 Å². The minimum Gasteiger partial charge on any atom is -0.267 e. The van der Waals surface area contributed by atoms with Gasteiger partial charge in [0.1, 0.15) is 0 Å². The van der Waals surface area contributed by atoms with Gasteiger partial charge in [-0.3, -0.25) is 9.98 Å². The van der Waals surface area contributed by atoms with Crippen LogP contribution in [0.1, 0.15) is 41.0 Å². The lowest BCUT2D eigenvalue weighted by molar-refractivity contribution is 0.959. The fourth-order valence-corrected chi connectivity index (χ4v) is 1.62.